The van der Waals surface area contributed by atoms with E-state index in [0.717, 1.165) is 5.56 Å². The minimum absolute atomic E-state index is 0.0499. The van der Waals surface area contributed by atoms with Crippen molar-refractivity contribution >= 4 is 5.97 Å². The summed E-state index contributed by atoms with van der Waals surface area (Å²) in [6.07, 6.45) is 0. The molecular weight excluding hydrogens is 228 g/mol. The van der Waals surface area contributed by atoms with Crippen LogP contribution in [0.5, 0.6) is 0 Å². The van der Waals surface area contributed by atoms with Gasteiger partial charge >= 0.3 is 5.97 Å². The second kappa shape index (κ2) is 5.11. The van der Waals surface area contributed by atoms with Crippen LogP contribution in [0.15, 0.2) is 24.3 Å². The van der Waals surface area contributed by atoms with Crippen molar-refractivity contribution in [3.63, 3.8) is 0 Å². The molecule has 0 radical (unpaired) electrons. The van der Waals surface area contributed by atoms with E-state index in [2.05, 4.69) is 20.8 Å². The highest BCUT2D eigenvalue weighted by atomic mass is 16.5. The van der Waals surface area contributed by atoms with E-state index < -0.39 is 11.6 Å². The van der Waals surface area contributed by atoms with Gasteiger partial charge < -0.3 is 9.84 Å². The summed E-state index contributed by atoms with van der Waals surface area (Å²) in [5, 5.41) is 10.2. The van der Waals surface area contributed by atoms with E-state index in [1.807, 2.05) is 12.1 Å². The van der Waals surface area contributed by atoms with Gasteiger partial charge in [-0.2, -0.15) is 0 Å². The molecule has 0 bridgehead atoms. The fraction of sp³-hybridized carbons (Fsp3) is 0.533. The molecule has 1 rings (SSSR count). The van der Waals surface area contributed by atoms with Crippen LogP contribution in [0.2, 0.25) is 0 Å². The lowest BCUT2D eigenvalue weighted by atomic mass is 9.85. The van der Waals surface area contributed by atoms with Crippen LogP contribution in [-0.4, -0.2) is 17.7 Å². The van der Waals surface area contributed by atoms with Crippen molar-refractivity contribution < 1.29 is 14.6 Å². The Labute approximate surface area is 109 Å². The minimum atomic E-state index is -1.59. The van der Waals surface area contributed by atoms with Crippen LogP contribution >= 0.6 is 0 Å². The van der Waals surface area contributed by atoms with Gasteiger partial charge in [0, 0.05) is 0 Å². The topological polar surface area (TPSA) is 46.5 Å². The second-order valence-corrected chi connectivity index (χ2v) is 5.62. The summed E-state index contributed by atoms with van der Waals surface area (Å²) >= 11 is 0. The highest BCUT2D eigenvalue weighted by molar-refractivity contribution is 5.80. The standard InChI is InChI=1S/C15H22O3/c1-6-18-13(16)15(5,17)12-9-7-11(8-10-12)14(2,3)4/h7-10,17H,6H2,1-5H3. The molecule has 0 fully saturated rings. The zero-order valence-corrected chi connectivity index (χ0v) is 11.8. The normalized spacial score (nSPS) is 15.0. The quantitative estimate of drug-likeness (QED) is 0.839. The van der Waals surface area contributed by atoms with Gasteiger partial charge in [0.2, 0.25) is 0 Å². The van der Waals surface area contributed by atoms with E-state index in [0.29, 0.717) is 5.56 Å². The first kappa shape index (κ1) is 14.7. The smallest absolute Gasteiger partial charge is 0.342 e. The number of benzene rings is 1. The van der Waals surface area contributed by atoms with Crippen LogP contribution < -0.4 is 0 Å². The molecule has 1 aromatic rings. The van der Waals surface area contributed by atoms with Crippen molar-refractivity contribution in [2.24, 2.45) is 0 Å². The molecule has 1 unspecified atom stereocenters. The molecular formula is C15H22O3. The molecule has 0 aliphatic rings. The van der Waals surface area contributed by atoms with Crippen LogP contribution in [0, 0.1) is 0 Å². The van der Waals surface area contributed by atoms with Crippen LogP contribution in [0.1, 0.15) is 45.7 Å². The largest absolute Gasteiger partial charge is 0.464 e. The molecule has 1 aromatic carbocycles. The van der Waals surface area contributed by atoms with Gasteiger partial charge in [0.05, 0.1) is 6.61 Å². The lowest BCUT2D eigenvalue weighted by molar-refractivity contribution is -0.164. The van der Waals surface area contributed by atoms with Gasteiger partial charge in [-0.15, -0.1) is 0 Å². The second-order valence-electron chi connectivity index (χ2n) is 5.62. The molecule has 0 saturated heterocycles. The molecule has 0 aromatic heterocycles. The van der Waals surface area contributed by atoms with E-state index in [1.165, 1.54) is 6.92 Å². The third kappa shape index (κ3) is 3.10. The fourth-order valence-electron chi connectivity index (χ4n) is 1.68. The third-order valence-electron chi connectivity index (χ3n) is 2.99. The zero-order chi connectivity index (χ0) is 14.0. The summed E-state index contributed by atoms with van der Waals surface area (Å²) < 4.78 is 4.87. The van der Waals surface area contributed by atoms with Gasteiger partial charge in [-0.25, -0.2) is 4.79 Å². The van der Waals surface area contributed by atoms with E-state index in [9.17, 15) is 9.90 Å². The van der Waals surface area contributed by atoms with Crippen molar-refractivity contribution in [1.29, 1.82) is 0 Å². The van der Waals surface area contributed by atoms with Gasteiger partial charge in [0.1, 0.15) is 0 Å². The molecule has 3 heteroatoms. The van der Waals surface area contributed by atoms with Gasteiger partial charge in [-0.1, -0.05) is 45.0 Å². The highest BCUT2D eigenvalue weighted by Gasteiger charge is 2.34. The Morgan fingerprint density at radius 3 is 1.94 bits per heavy atom. The molecule has 0 saturated carbocycles. The monoisotopic (exact) mass is 250 g/mol. The maximum absolute atomic E-state index is 11.7. The molecule has 1 N–H and O–H groups in total. The Morgan fingerprint density at radius 1 is 1.11 bits per heavy atom. The highest BCUT2D eigenvalue weighted by Crippen LogP contribution is 2.27. The maximum Gasteiger partial charge on any atom is 0.342 e. The van der Waals surface area contributed by atoms with Crippen LogP contribution in [-0.2, 0) is 20.5 Å². The predicted molar refractivity (Wildman–Crippen MR) is 71.3 cm³/mol. The van der Waals surface area contributed by atoms with E-state index >= 15 is 0 Å². The first-order valence-corrected chi connectivity index (χ1v) is 6.20. The van der Waals surface area contributed by atoms with E-state index in [1.54, 1.807) is 19.1 Å². The Morgan fingerprint density at radius 2 is 1.56 bits per heavy atom. The lowest BCUT2D eigenvalue weighted by Crippen LogP contribution is -2.34. The van der Waals surface area contributed by atoms with Gasteiger partial charge in [-0.05, 0) is 30.4 Å². The summed E-state index contributed by atoms with van der Waals surface area (Å²) in [7, 11) is 0. The Bertz CT molecular complexity index is 410. The number of carbonyl (C=O) groups is 1. The van der Waals surface area contributed by atoms with Crippen molar-refractivity contribution in [2.75, 3.05) is 6.61 Å². The van der Waals surface area contributed by atoms with Crippen LogP contribution in [0.25, 0.3) is 0 Å². The average Bonchev–Trinajstić information content (AvgIpc) is 2.28. The number of ether oxygens (including phenoxy) is 1. The van der Waals surface area contributed by atoms with Gasteiger partial charge in [0.25, 0.3) is 0 Å². The first-order chi connectivity index (χ1) is 8.19. The summed E-state index contributed by atoms with van der Waals surface area (Å²) in [5.74, 6) is -0.617. The van der Waals surface area contributed by atoms with Crippen molar-refractivity contribution in [2.45, 2.75) is 45.6 Å². The molecule has 18 heavy (non-hydrogen) atoms. The number of carbonyl (C=O) groups excluding carboxylic acids is 1. The minimum Gasteiger partial charge on any atom is -0.464 e. The van der Waals surface area contributed by atoms with Crippen LogP contribution in [0.4, 0.5) is 0 Å². The molecule has 100 valence electrons. The summed E-state index contributed by atoms with van der Waals surface area (Å²) in [5.41, 5.74) is 0.167. The molecule has 0 amide bonds. The van der Waals surface area contributed by atoms with Crippen molar-refractivity contribution in [3.8, 4) is 0 Å². The predicted octanol–water partition coefficient (Wildman–Crippen LogP) is 2.75. The number of hydrogen-bond donors (Lipinski definition) is 1. The molecule has 0 aliphatic heterocycles. The molecule has 1 atom stereocenters. The number of hydrogen-bond acceptors (Lipinski definition) is 3. The zero-order valence-electron chi connectivity index (χ0n) is 11.8. The van der Waals surface area contributed by atoms with Crippen molar-refractivity contribution in [3.05, 3.63) is 35.4 Å². The van der Waals surface area contributed by atoms with Crippen molar-refractivity contribution in [1.82, 2.24) is 0 Å². The number of rotatable bonds is 3. The number of esters is 1. The molecule has 0 heterocycles. The molecule has 0 spiro atoms. The van der Waals surface area contributed by atoms with E-state index in [-0.39, 0.29) is 12.0 Å². The van der Waals surface area contributed by atoms with E-state index in [4.69, 9.17) is 4.74 Å². The summed E-state index contributed by atoms with van der Waals surface area (Å²) in [6, 6.07) is 7.42. The van der Waals surface area contributed by atoms with Crippen LogP contribution in [0.3, 0.4) is 0 Å². The Balaban J connectivity index is 3.01. The SMILES string of the molecule is CCOC(=O)C(C)(O)c1ccc(C(C)(C)C)cc1. The third-order valence-corrected chi connectivity index (χ3v) is 2.99. The molecule has 0 aliphatic carbocycles. The fourth-order valence-corrected chi connectivity index (χ4v) is 1.68. The molecule has 3 nitrogen and oxygen atoms in total. The number of aliphatic hydroxyl groups is 1. The average molecular weight is 250 g/mol. The Kier molecular flexibility index (Phi) is 4.17. The first-order valence-electron chi connectivity index (χ1n) is 6.20. The Hall–Kier alpha value is -1.35. The lowest BCUT2D eigenvalue weighted by Gasteiger charge is -2.24. The summed E-state index contributed by atoms with van der Waals surface area (Å²) in [6.45, 7) is 9.78. The van der Waals surface area contributed by atoms with Gasteiger partial charge in [-0.3, -0.25) is 0 Å². The summed E-state index contributed by atoms with van der Waals surface area (Å²) in [4.78, 5) is 11.7. The van der Waals surface area contributed by atoms with Gasteiger partial charge in [0.15, 0.2) is 5.60 Å². The maximum atomic E-state index is 11.7.